The zero-order valence-electron chi connectivity index (χ0n) is 11.0. The number of amides is 2. The summed E-state index contributed by atoms with van der Waals surface area (Å²) in [6, 6.07) is 3.82. The van der Waals surface area contributed by atoms with Gasteiger partial charge in [0, 0.05) is 45.1 Å². The largest absolute Gasteiger partial charge is 0.360 e. The Balaban J connectivity index is 1.81. The van der Waals surface area contributed by atoms with Crippen molar-refractivity contribution in [1.29, 1.82) is 0 Å². The van der Waals surface area contributed by atoms with Crippen molar-refractivity contribution in [2.24, 2.45) is 0 Å². The number of H-pyrrole nitrogens is 1. The lowest BCUT2D eigenvalue weighted by molar-refractivity contribution is -0.122. The van der Waals surface area contributed by atoms with E-state index < -0.39 is 0 Å². The van der Waals surface area contributed by atoms with E-state index in [0.717, 1.165) is 19.8 Å². The van der Waals surface area contributed by atoms with E-state index in [0.29, 0.717) is 24.9 Å². The van der Waals surface area contributed by atoms with E-state index in [1.807, 2.05) is 12.1 Å². The predicted octanol–water partition coefficient (Wildman–Crippen LogP) is 2.70. The monoisotopic (exact) mass is 413 g/mol. The summed E-state index contributed by atoms with van der Waals surface area (Å²) in [5.41, 5.74) is 1.50. The van der Waals surface area contributed by atoms with Gasteiger partial charge >= 0.3 is 0 Å². The maximum absolute atomic E-state index is 12.4. The maximum atomic E-state index is 12.4. The number of hydrogen-bond donors (Lipinski definition) is 3. The molecule has 3 rings (SSSR count). The van der Waals surface area contributed by atoms with Gasteiger partial charge in [-0.25, -0.2) is 0 Å². The smallest absolute Gasteiger partial charge is 0.253 e. The quantitative estimate of drug-likeness (QED) is 0.706. The maximum Gasteiger partial charge on any atom is 0.253 e. The molecule has 1 aliphatic rings. The molecule has 1 aliphatic heterocycles. The lowest BCUT2D eigenvalue weighted by Gasteiger charge is -2.23. The average molecular weight is 415 g/mol. The number of nitrogens with one attached hydrogen (secondary N) is 3. The molecule has 21 heavy (non-hydrogen) atoms. The fourth-order valence-corrected chi connectivity index (χ4v) is 3.11. The molecule has 1 aromatic carbocycles. The number of aromatic nitrogens is 1. The molecular formula is C14H13Br2N3O2. The van der Waals surface area contributed by atoms with Gasteiger partial charge in [-0.3, -0.25) is 9.59 Å². The topological polar surface area (TPSA) is 74.0 Å². The van der Waals surface area contributed by atoms with Crippen molar-refractivity contribution in [2.45, 2.75) is 18.9 Å². The van der Waals surface area contributed by atoms with Gasteiger partial charge in [-0.15, -0.1) is 0 Å². The zero-order chi connectivity index (χ0) is 15.0. The molecule has 1 saturated heterocycles. The molecule has 110 valence electrons. The van der Waals surface area contributed by atoms with Gasteiger partial charge in [-0.2, -0.15) is 0 Å². The van der Waals surface area contributed by atoms with Crippen molar-refractivity contribution in [3.05, 3.63) is 32.8 Å². The summed E-state index contributed by atoms with van der Waals surface area (Å²) in [5.74, 6) is -0.0852. The summed E-state index contributed by atoms with van der Waals surface area (Å²) >= 11 is 6.89. The minimum absolute atomic E-state index is 0.0148. The second kappa shape index (κ2) is 5.81. The molecule has 3 N–H and O–H groups in total. The molecule has 1 atom stereocenters. The van der Waals surface area contributed by atoms with Gasteiger partial charge < -0.3 is 15.6 Å². The summed E-state index contributed by atoms with van der Waals surface area (Å²) in [6.07, 6.45) is 2.84. The van der Waals surface area contributed by atoms with Gasteiger partial charge in [0.15, 0.2) is 0 Å². The minimum Gasteiger partial charge on any atom is -0.360 e. The lowest BCUT2D eigenvalue weighted by Crippen LogP contribution is -2.47. The molecule has 0 spiro atoms. The van der Waals surface area contributed by atoms with E-state index in [1.165, 1.54) is 0 Å². The third kappa shape index (κ3) is 2.98. The Labute approximate surface area is 138 Å². The summed E-state index contributed by atoms with van der Waals surface area (Å²) in [6.45, 7) is 0.488. The molecule has 0 saturated carbocycles. The highest BCUT2D eigenvalue weighted by molar-refractivity contribution is 9.13. The van der Waals surface area contributed by atoms with E-state index >= 15 is 0 Å². The summed E-state index contributed by atoms with van der Waals surface area (Å²) in [4.78, 5) is 26.6. The number of aromatic amines is 1. The minimum atomic E-state index is -0.128. The average Bonchev–Trinajstić information content (AvgIpc) is 2.85. The number of hydrogen-bond acceptors (Lipinski definition) is 2. The Bertz CT molecular complexity index is 716. The molecule has 0 radical (unpaired) electrons. The van der Waals surface area contributed by atoms with Gasteiger partial charge in [0.25, 0.3) is 5.91 Å². The van der Waals surface area contributed by atoms with Crippen LogP contribution in [0.3, 0.4) is 0 Å². The Morgan fingerprint density at radius 2 is 2.05 bits per heavy atom. The van der Waals surface area contributed by atoms with Crippen LogP contribution in [0.25, 0.3) is 10.9 Å². The predicted molar refractivity (Wildman–Crippen MR) is 87.2 cm³/mol. The third-order valence-corrected chi connectivity index (χ3v) is 5.41. The third-order valence-electron chi connectivity index (χ3n) is 3.57. The van der Waals surface area contributed by atoms with Crippen molar-refractivity contribution in [2.75, 3.05) is 6.54 Å². The molecule has 0 bridgehead atoms. The normalized spacial score (nSPS) is 18.6. The van der Waals surface area contributed by atoms with Gasteiger partial charge in [0.2, 0.25) is 5.91 Å². The molecule has 2 aromatic rings. The second-order valence-corrected chi connectivity index (χ2v) is 6.74. The van der Waals surface area contributed by atoms with Gasteiger partial charge in [-0.1, -0.05) is 0 Å². The van der Waals surface area contributed by atoms with Crippen molar-refractivity contribution in [3.8, 4) is 0 Å². The first-order chi connectivity index (χ1) is 10.0. The lowest BCUT2D eigenvalue weighted by atomic mass is 10.1. The molecule has 1 unspecified atom stereocenters. The van der Waals surface area contributed by atoms with Crippen LogP contribution in [0.4, 0.5) is 0 Å². The van der Waals surface area contributed by atoms with E-state index in [4.69, 9.17) is 0 Å². The molecule has 5 nitrogen and oxygen atoms in total. The van der Waals surface area contributed by atoms with Crippen molar-refractivity contribution < 1.29 is 9.59 Å². The number of piperidine rings is 1. The Kier molecular flexibility index (Phi) is 4.03. The van der Waals surface area contributed by atoms with Gasteiger partial charge in [0.1, 0.15) is 0 Å². The Morgan fingerprint density at radius 3 is 2.76 bits per heavy atom. The van der Waals surface area contributed by atoms with Crippen molar-refractivity contribution >= 4 is 54.6 Å². The second-order valence-electron chi connectivity index (χ2n) is 5.03. The SMILES string of the molecule is O=C1CCC(NC(=O)c2c[nH]c3cc(Br)c(Br)cc23)CN1. The highest BCUT2D eigenvalue weighted by Gasteiger charge is 2.21. The number of carbonyl (C=O) groups excluding carboxylic acids is 2. The van der Waals surface area contributed by atoms with E-state index in [9.17, 15) is 9.59 Å². The van der Waals surface area contributed by atoms with Crippen LogP contribution in [-0.4, -0.2) is 29.4 Å². The first kappa shape index (κ1) is 14.6. The molecule has 7 heteroatoms. The highest BCUT2D eigenvalue weighted by atomic mass is 79.9. The fraction of sp³-hybridized carbons (Fsp3) is 0.286. The number of rotatable bonds is 2. The summed E-state index contributed by atoms with van der Waals surface area (Å²) < 4.78 is 1.83. The molecule has 2 heterocycles. The Morgan fingerprint density at radius 1 is 1.29 bits per heavy atom. The van der Waals surface area contributed by atoms with Crippen LogP contribution in [0.2, 0.25) is 0 Å². The molecule has 1 aromatic heterocycles. The van der Waals surface area contributed by atoms with E-state index in [1.54, 1.807) is 6.20 Å². The number of fused-ring (bicyclic) bond motifs is 1. The van der Waals surface area contributed by atoms with Crippen LogP contribution in [0.1, 0.15) is 23.2 Å². The number of benzene rings is 1. The molecule has 2 amide bonds. The number of carbonyl (C=O) groups is 2. The first-order valence-corrected chi connectivity index (χ1v) is 8.17. The highest BCUT2D eigenvalue weighted by Crippen LogP contribution is 2.30. The van der Waals surface area contributed by atoms with Crippen molar-refractivity contribution in [1.82, 2.24) is 15.6 Å². The van der Waals surface area contributed by atoms with Crippen LogP contribution in [0.15, 0.2) is 27.3 Å². The number of halogens is 2. The van der Waals surface area contributed by atoms with Crippen molar-refractivity contribution in [3.63, 3.8) is 0 Å². The van der Waals surface area contributed by atoms with Crippen LogP contribution < -0.4 is 10.6 Å². The zero-order valence-corrected chi connectivity index (χ0v) is 14.2. The summed E-state index contributed by atoms with van der Waals surface area (Å²) in [7, 11) is 0. The van der Waals surface area contributed by atoms with Gasteiger partial charge in [-0.05, 0) is 50.4 Å². The van der Waals surface area contributed by atoms with Gasteiger partial charge in [0.05, 0.1) is 5.56 Å². The van der Waals surface area contributed by atoms with Crippen LogP contribution >= 0.6 is 31.9 Å². The van der Waals surface area contributed by atoms with Crippen LogP contribution in [0, 0.1) is 0 Å². The standard InChI is InChI=1S/C14H13Br2N3O2/c15-10-3-8-9(6-17-12(8)4-11(10)16)14(21)19-7-1-2-13(20)18-5-7/h3-4,6-7,17H,1-2,5H2,(H,18,20)(H,19,21). The molecule has 1 fully saturated rings. The van der Waals surface area contributed by atoms with E-state index in [-0.39, 0.29) is 17.9 Å². The fourth-order valence-electron chi connectivity index (χ4n) is 2.42. The summed E-state index contributed by atoms with van der Waals surface area (Å²) in [5, 5.41) is 6.59. The molecular weight excluding hydrogens is 402 g/mol. The molecule has 0 aliphatic carbocycles. The van der Waals surface area contributed by atoms with E-state index in [2.05, 4.69) is 47.5 Å². The van der Waals surface area contributed by atoms with Crippen LogP contribution in [0.5, 0.6) is 0 Å². The first-order valence-electron chi connectivity index (χ1n) is 6.58. The van der Waals surface area contributed by atoms with Crippen LogP contribution in [-0.2, 0) is 4.79 Å². The Hall–Kier alpha value is -1.34.